The third kappa shape index (κ3) is 5.75. The van der Waals surface area contributed by atoms with Crippen LogP contribution in [-0.4, -0.2) is 38.8 Å². The van der Waals surface area contributed by atoms with Gasteiger partial charge in [0.2, 0.25) is 11.8 Å². The maximum atomic E-state index is 13.5. The molecule has 2 heterocycles. The molecule has 3 N–H and O–H groups in total. The average molecular weight is 439 g/mol. The molecule has 0 amide bonds. The van der Waals surface area contributed by atoms with Crippen LogP contribution in [0.1, 0.15) is 51.2 Å². The van der Waals surface area contributed by atoms with Crippen LogP contribution < -0.4 is 15.4 Å². The Bertz CT molecular complexity index is 892. The largest absolute Gasteiger partial charge is 0.478 e. The molecule has 1 saturated carbocycles. The number of nitrogens with zero attached hydrogens (tertiary/aromatic N) is 3. The van der Waals surface area contributed by atoms with Gasteiger partial charge in [0.15, 0.2) is 0 Å². The van der Waals surface area contributed by atoms with E-state index in [1.54, 1.807) is 12.3 Å². The summed E-state index contributed by atoms with van der Waals surface area (Å²) in [5, 5.41) is 16.0. The summed E-state index contributed by atoms with van der Waals surface area (Å²) in [6.45, 7) is 6.35. The minimum absolute atomic E-state index is 0.0666. The molecule has 0 unspecified atom stereocenters. The van der Waals surface area contributed by atoms with Crippen molar-refractivity contribution in [1.82, 2.24) is 15.0 Å². The summed E-state index contributed by atoms with van der Waals surface area (Å²) in [5.41, 5.74) is -0.568. The van der Waals surface area contributed by atoms with Gasteiger partial charge in [-0.15, -0.1) is 0 Å². The van der Waals surface area contributed by atoms with Crippen LogP contribution in [0, 0.1) is 5.41 Å². The zero-order valence-electron chi connectivity index (χ0n) is 17.8. The lowest BCUT2D eigenvalue weighted by molar-refractivity contribution is -0.137. The molecule has 0 spiro atoms. The van der Waals surface area contributed by atoms with Crippen molar-refractivity contribution in [1.29, 1.82) is 0 Å². The van der Waals surface area contributed by atoms with Gasteiger partial charge in [0, 0.05) is 30.5 Å². The van der Waals surface area contributed by atoms with Crippen LogP contribution in [-0.2, 0) is 12.7 Å². The first-order valence-corrected chi connectivity index (χ1v) is 10.3. The number of pyridine rings is 1. The molecule has 0 saturated heterocycles. The van der Waals surface area contributed by atoms with E-state index >= 15 is 0 Å². The molecule has 0 aromatic carbocycles. The fourth-order valence-corrected chi connectivity index (χ4v) is 3.72. The highest BCUT2D eigenvalue weighted by molar-refractivity contribution is 5.49. The SMILES string of the molecule is CCOc1ncccc1CNc1ncc(C(F)(F)F)c(N[C@@H]2CC[C@H](O)C(C)(C)C2)n1. The monoisotopic (exact) mass is 439 g/mol. The quantitative estimate of drug-likeness (QED) is 0.594. The number of hydrogen-bond acceptors (Lipinski definition) is 7. The van der Waals surface area contributed by atoms with E-state index in [2.05, 4.69) is 25.6 Å². The van der Waals surface area contributed by atoms with E-state index in [4.69, 9.17) is 4.74 Å². The van der Waals surface area contributed by atoms with Crippen LogP contribution in [0.25, 0.3) is 0 Å². The third-order valence-corrected chi connectivity index (χ3v) is 5.47. The van der Waals surface area contributed by atoms with Gasteiger partial charge in [-0.2, -0.15) is 18.2 Å². The Morgan fingerprint density at radius 1 is 1.26 bits per heavy atom. The van der Waals surface area contributed by atoms with Crippen molar-refractivity contribution in [2.75, 3.05) is 17.2 Å². The molecule has 10 heteroatoms. The van der Waals surface area contributed by atoms with E-state index in [-0.39, 0.29) is 24.4 Å². The second kappa shape index (κ2) is 9.25. The van der Waals surface area contributed by atoms with Gasteiger partial charge >= 0.3 is 6.18 Å². The summed E-state index contributed by atoms with van der Waals surface area (Å²) >= 11 is 0. The van der Waals surface area contributed by atoms with Gasteiger partial charge in [0.25, 0.3) is 0 Å². The van der Waals surface area contributed by atoms with E-state index in [9.17, 15) is 18.3 Å². The van der Waals surface area contributed by atoms with Crippen molar-refractivity contribution < 1.29 is 23.0 Å². The summed E-state index contributed by atoms with van der Waals surface area (Å²) in [7, 11) is 0. The summed E-state index contributed by atoms with van der Waals surface area (Å²) in [6.07, 6.45) is -1.07. The molecule has 0 aliphatic heterocycles. The first-order chi connectivity index (χ1) is 14.6. The summed E-state index contributed by atoms with van der Waals surface area (Å²) in [6, 6.07) is 3.33. The van der Waals surface area contributed by atoms with Gasteiger partial charge in [-0.25, -0.2) is 9.97 Å². The topological polar surface area (TPSA) is 92.2 Å². The number of hydrogen-bond donors (Lipinski definition) is 3. The highest BCUT2D eigenvalue weighted by atomic mass is 19.4. The molecule has 0 radical (unpaired) electrons. The molecular weight excluding hydrogens is 411 g/mol. The molecule has 1 fully saturated rings. The second-order valence-corrected chi connectivity index (χ2v) is 8.34. The number of alkyl halides is 3. The smallest absolute Gasteiger partial charge is 0.421 e. The van der Waals surface area contributed by atoms with Crippen LogP contribution in [0.15, 0.2) is 24.5 Å². The minimum atomic E-state index is -4.59. The standard InChI is InChI=1S/C21H28F3N5O2/c1-4-31-18-13(6-5-9-25-18)11-26-19-27-12-15(21(22,23)24)17(29-19)28-14-7-8-16(30)20(2,3)10-14/h5-6,9,12,14,16,30H,4,7-8,10-11H2,1-3H3,(H2,26,27,28,29)/t14-,16+/m1/s1. The number of aliphatic hydroxyl groups is 1. The van der Waals surface area contributed by atoms with E-state index < -0.39 is 23.3 Å². The molecule has 1 aliphatic rings. The van der Waals surface area contributed by atoms with Gasteiger partial charge in [0.1, 0.15) is 11.4 Å². The summed E-state index contributed by atoms with van der Waals surface area (Å²) in [5.74, 6) is 0.251. The van der Waals surface area contributed by atoms with Crippen LogP contribution in [0.3, 0.4) is 0 Å². The highest BCUT2D eigenvalue weighted by Crippen LogP contribution is 2.39. The third-order valence-electron chi connectivity index (χ3n) is 5.47. The zero-order chi connectivity index (χ0) is 22.6. The Morgan fingerprint density at radius 3 is 2.71 bits per heavy atom. The molecule has 7 nitrogen and oxygen atoms in total. The van der Waals surface area contributed by atoms with Gasteiger partial charge in [0.05, 0.1) is 12.7 Å². The normalized spacial score (nSPS) is 20.9. The van der Waals surface area contributed by atoms with Gasteiger partial charge < -0.3 is 20.5 Å². The van der Waals surface area contributed by atoms with Crippen LogP contribution in [0.4, 0.5) is 24.9 Å². The maximum Gasteiger partial charge on any atom is 0.421 e. The molecule has 2 atom stereocenters. The number of anilines is 2. The Morgan fingerprint density at radius 2 is 2.03 bits per heavy atom. The maximum absolute atomic E-state index is 13.5. The summed E-state index contributed by atoms with van der Waals surface area (Å²) < 4.78 is 46.1. The van der Waals surface area contributed by atoms with E-state index in [0.717, 1.165) is 11.8 Å². The van der Waals surface area contributed by atoms with E-state index in [1.807, 2.05) is 26.8 Å². The highest BCUT2D eigenvalue weighted by Gasteiger charge is 2.39. The first kappa shape index (κ1) is 23.1. The first-order valence-electron chi connectivity index (χ1n) is 10.3. The fraction of sp³-hybridized carbons (Fsp3) is 0.571. The number of rotatable bonds is 7. The van der Waals surface area contributed by atoms with Crippen LogP contribution in [0.2, 0.25) is 0 Å². The average Bonchev–Trinajstić information content (AvgIpc) is 2.69. The molecule has 2 aromatic heterocycles. The number of halogens is 3. The molecule has 3 rings (SSSR count). The molecule has 1 aliphatic carbocycles. The van der Waals surface area contributed by atoms with Crippen molar-refractivity contribution >= 4 is 11.8 Å². The Labute approximate surface area is 179 Å². The Hall–Kier alpha value is -2.62. The molecule has 170 valence electrons. The Balaban J connectivity index is 1.79. The van der Waals surface area contributed by atoms with Crippen molar-refractivity contribution in [2.45, 2.75) is 64.9 Å². The van der Waals surface area contributed by atoms with Crippen LogP contribution in [0.5, 0.6) is 5.88 Å². The number of nitrogens with one attached hydrogen (secondary N) is 2. The van der Waals surface area contributed by atoms with Crippen LogP contribution >= 0.6 is 0 Å². The molecule has 0 bridgehead atoms. The number of aliphatic hydroxyl groups excluding tert-OH is 1. The van der Waals surface area contributed by atoms with Gasteiger partial charge in [-0.3, -0.25) is 0 Å². The van der Waals surface area contributed by atoms with Crippen molar-refractivity contribution in [2.24, 2.45) is 5.41 Å². The van der Waals surface area contributed by atoms with Crippen molar-refractivity contribution in [3.05, 3.63) is 35.7 Å². The predicted molar refractivity (Wildman–Crippen MR) is 111 cm³/mol. The zero-order valence-corrected chi connectivity index (χ0v) is 17.8. The molecular formula is C21H28F3N5O2. The van der Waals surface area contributed by atoms with Gasteiger partial charge in [-0.1, -0.05) is 19.9 Å². The van der Waals surface area contributed by atoms with Crippen molar-refractivity contribution in [3.63, 3.8) is 0 Å². The lowest BCUT2D eigenvalue weighted by Crippen LogP contribution is -2.41. The molecule has 2 aromatic rings. The van der Waals surface area contributed by atoms with Crippen molar-refractivity contribution in [3.8, 4) is 5.88 Å². The lowest BCUT2D eigenvalue weighted by Gasteiger charge is -2.40. The predicted octanol–water partition coefficient (Wildman–Crippen LogP) is 4.25. The Kier molecular flexibility index (Phi) is 6.88. The summed E-state index contributed by atoms with van der Waals surface area (Å²) in [4.78, 5) is 12.1. The number of ether oxygens (including phenoxy) is 1. The second-order valence-electron chi connectivity index (χ2n) is 8.34. The lowest BCUT2D eigenvalue weighted by atomic mass is 9.73. The van der Waals surface area contributed by atoms with E-state index in [1.165, 1.54) is 0 Å². The van der Waals surface area contributed by atoms with Gasteiger partial charge in [-0.05, 0) is 37.7 Å². The van der Waals surface area contributed by atoms with E-state index in [0.29, 0.717) is 31.7 Å². The minimum Gasteiger partial charge on any atom is -0.478 e. The number of aromatic nitrogens is 3. The fourth-order valence-electron chi connectivity index (χ4n) is 3.72. The molecule has 31 heavy (non-hydrogen) atoms.